The van der Waals surface area contributed by atoms with Crippen LogP contribution in [0.4, 0.5) is 0 Å². The minimum Gasteiger partial charge on any atom is -0.489 e. The number of fused-ring (bicyclic) bond motifs is 2. The molecule has 0 fully saturated rings. The van der Waals surface area contributed by atoms with Crippen LogP contribution in [0.1, 0.15) is 37.8 Å². The standard InChI is InChI=1S/C26H29ClO6/c1-5-23(28)32-16(3)14-30-25-19-9-7-8-10-20(19)26(22-13-18(27)11-12-21(22)25)31-15-17(4)33-24(29)6-2/h5-6,11-13,16-17H,1-2,7-10,14-15H2,3-4H3. The highest BCUT2D eigenvalue weighted by atomic mass is 35.5. The quantitative estimate of drug-likeness (QED) is 0.342. The highest BCUT2D eigenvalue weighted by Crippen LogP contribution is 2.45. The van der Waals surface area contributed by atoms with Crippen LogP contribution >= 0.6 is 11.6 Å². The van der Waals surface area contributed by atoms with Crippen molar-refractivity contribution < 1.29 is 28.5 Å². The van der Waals surface area contributed by atoms with Gasteiger partial charge in [0.1, 0.15) is 36.9 Å². The molecule has 0 aliphatic heterocycles. The molecule has 0 spiro atoms. The maximum atomic E-state index is 11.5. The number of halogens is 1. The van der Waals surface area contributed by atoms with Gasteiger partial charge in [0.2, 0.25) is 0 Å². The van der Waals surface area contributed by atoms with Gasteiger partial charge in [0.15, 0.2) is 0 Å². The fraction of sp³-hybridized carbons (Fsp3) is 0.385. The first-order valence-electron chi connectivity index (χ1n) is 11.0. The molecule has 0 heterocycles. The second-order valence-corrected chi connectivity index (χ2v) is 8.47. The molecular weight excluding hydrogens is 444 g/mol. The van der Waals surface area contributed by atoms with Crippen molar-refractivity contribution in [2.24, 2.45) is 0 Å². The Bertz CT molecular complexity index is 1060. The van der Waals surface area contributed by atoms with Gasteiger partial charge in [0, 0.05) is 39.1 Å². The average molecular weight is 473 g/mol. The van der Waals surface area contributed by atoms with Crippen molar-refractivity contribution in [2.75, 3.05) is 13.2 Å². The zero-order valence-corrected chi connectivity index (χ0v) is 19.8. The molecule has 0 aromatic heterocycles. The fourth-order valence-corrected chi connectivity index (χ4v) is 4.10. The van der Waals surface area contributed by atoms with Crippen LogP contribution < -0.4 is 9.47 Å². The SMILES string of the molecule is C=CC(=O)OC(C)COc1c2c(c(OCC(C)OC(=O)C=C)c3cc(Cl)ccc13)CCCC2. The Morgan fingerprint density at radius 3 is 1.88 bits per heavy atom. The molecule has 2 atom stereocenters. The molecule has 3 rings (SSSR count). The van der Waals surface area contributed by atoms with Crippen molar-refractivity contribution in [3.63, 3.8) is 0 Å². The molecule has 0 N–H and O–H groups in total. The van der Waals surface area contributed by atoms with Gasteiger partial charge < -0.3 is 18.9 Å². The molecule has 1 aliphatic rings. The molecule has 2 aromatic carbocycles. The van der Waals surface area contributed by atoms with Crippen LogP contribution in [0.5, 0.6) is 11.5 Å². The third kappa shape index (κ3) is 6.08. The van der Waals surface area contributed by atoms with Gasteiger partial charge in [-0.25, -0.2) is 9.59 Å². The van der Waals surface area contributed by atoms with E-state index >= 15 is 0 Å². The second-order valence-electron chi connectivity index (χ2n) is 8.04. The number of hydrogen-bond acceptors (Lipinski definition) is 6. The Hall–Kier alpha value is -2.99. The molecule has 2 aromatic rings. The highest BCUT2D eigenvalue weighted by Gasteiger charge is 2.25. The summed E-state index contributed by atoms with van der Waals surface area (Å²) in [6, 6.07) is 5.58. The van der Waals surface area contributed by atoms with Crippen molar-refractivity contribution in [3.05, 3.63) is 59.7 Å². The Kier molecular flexibility index (Phi) is 8.39. The summed E-state index contributed by atoms with van der Waals surface area (Å²) >= 11 is 6.33. The van der Waals surface area contributed by atoms with Crippen molar-refractivity contribution >= 4 is 34.3 Å². The first-order valence-corrected chi connectivity index (χ1v) is 11.4. The lowest BCUT2D eigenvalue weighted by molar-refractivity contribution is -0.144. The lowest BCUT2D eigenvalue weighted by Gasteiger charge is -2.26. The summed E-state index contributed by atoms with van der Waals surface area (Å²) in [4.78, 5) is 23.0. The van der Waals surface area contributed by atoms with Crippen LogP contribution in [-0.4, -0.2) is 37.4 Å². The maximum absolute atomic E-state index is 11.5. The van der Waals surface area contributed by atoms with Crippen LogP contribution in [0.2, 0.25) is 5.02 Å². The second kappa shape index (κ2) is 11.2. The van der Waals surface area contributed by atoms with E-state index in [1.54, 1.807) is 13.8 Å². The zero-order chi connectivity index (χ0) is 24.0. The topological polar surface area (TPSA) is 71.1 Å². The first kappa shape index (κ1) is 24.6. The van der Waals surface area contributed by atoms with E-state index in [2.05, 4.69) is 13.2 Å². The van der Waals surface area contributed by atoms with Gasteiger partial charge in [-0.05, 0) is 57.7 Å². The van der Waals surface area contributed by atoms with Gasteiger partial charge in [-0.3, -0.25) is 0 Å². The molecule has 176 valence electrons. The molecule has 0 amide bonds. The van der Waals surface area contributed by atoms with Crippen LogP contribution in [0.25, 0.3) is 10.8 Å². The van der Waals surface area contributed by atoms with Gasteiger partial charge in [0.05, 0.1) is 0 Å². The number of hydrogen-bond donors (Lipinski definition) is 0. The molecule has 7 heteroatoms. The summed E-state index contributed by atoms with van der Waals surface area (Å²) in [6.45, 7) is 10.8. The summed E-state index contributed by atoms with van der Waals surface area (Å²) in [7, 11) is 0. The summed E-state index contributed by atoms with van der Waals surface area (Å²) < 4.78 is 22.9. The molecule has 0 radical (unpaired) electrons. The van der Waals surface area contributed by atoms with Gasteiger partial charge >= 0.3 is 11.9 Å². The first-order chi connectivity index (χ1) is 15.8. The summed E-state index contributed by atoms with van der Waals surface area (Å²) in [5.74, 6) is 0.523. The molecule has 2 unspecified atom stereocenters. The molecular formula is C26H29ClO6. The molecule has 0 saturated heterocycles. The zero-order valence-electron chi connectivity index (χ0n) is 19.0. The Morgan fingerprint density at radius 2 is 1.39 bits per heavy atom. The van der Waals surface area contributed by atoms with E-state index in [-0.39, 0.29) is 13.2 Å². The van der Waals surface area contributed by atoms with Gasteiger partial charge in [-0.1, -0.05) is 24.8 Å². The lowest BCUT2D eigenvalue weighted by Crippen LogP contribution is -2.23. The number of carbonyl (C=O) groups excluding carboxylic acids is 2. The Labute approximate surface area is 199 Å². The molecule has 6 nitrogen and oxygen atoms in total. The molecule has 0 saturated carbocycles. The van der Waals surface area contributed by atoms with Crippen LogP contribution in [-0.2, 0) is 31.9 Å². The Balaban J connectivity index is 1.97. The van der Waals surface area contributed by atoms with E-state index in [1.165, 1.54) is 0 Å². The lowest BCUT2D eigenvalue weighted by atomic mass is 9.87. The predicted octanol–water partition coefficient (Wildman–Crippen LogP) is 5.37. The average Bonchev–Trinajstić information content (AvgIpc) is 2.80. The van der Waals surface area contributed by atoms with Crippen LogP contribution in [0.3, 0.4) is 0 Å². The minimum absolute atomic E-state index is 0.197. The van der Waals surface area contributed by atoms with E-state index < -0.39 is 24.1 Å². The molecule has 1 aliphatic carbocycles. The molecule has 33 heavy (non-hydrogen) atoms. The van der Waals surface area contributed by atoms with E-state index in [1.807, 2.05) is 18.2 Å². The Morgan fingerprint density at radius 1 is 0.909 bits per heavy atom. The fourth-order valence-electron chi connectivity index (χ4n) is 3.93. The smallest absolute Gasteiger partial charge is 0.330 e. The van der Waals surface area contributed by atoms with Crippen molar-refractivity contribution in [1.29, 1.82) is 0 Å². The summed E-state index contributed by atoms with van der Waals surface area (Å²) in [6.07, 6.45) is 5.14. The van der Waals surface area contributed by atoms with Crippen LogP contribution in [0.15, 0.2) is 43.5 Å². The normalized spacial score (nSPS) is 14.5. The number of carbonyl (C=O) groups is 2. The molecule has 0 bridgehead atoms. The number of esters is 2. The van der Waals surface area contributed by atoms with Gasteiger partial charge in [0.25, 0.3) is 0 Å². The minimum atomic E-state index is -0.490. The summed E-state index contributed by atoms with van der Waals surface area (Å²) in [5, 5.41) is 2.28. The van der Waals surface area contributed by atoms with E-state index in [4.69, 9.17) is 30.5 Å². The third-order valence-corrected chi connectivity index (χ3v) is 5.61. The monoisotopic (exact) mass is 472 g/mol. The van der Waals surface area contributed by atoms with E-state index in [0.29, 0.717) is 5.02 Å². The van der Waals surface area contributed by atoms with Crippen molar-refractivity contribution in [1.82, 2.24) is 0 Å². The largest absolute Gasteiger partial charge is 0.489 e. The van der Waals surface area contributed by atoms with E-state index in [9.17, 15) is 9.59 Å². The van der Waals surface area contributed by atoms with E-state index in [0.717, 1.165) is 71.2 Å². The predicted molar refractivity (Wildman–Crippen MR) is 128 cm³/mol. The highest BCUT2D eigenvalue weighted by molar-refractivity contribution is 6.31. The van der Waals surface area contributed by atoms with Gasteiger partial charge in [-0.15, -0.1) is 0 Å². The summed E-state index contributed by atoms with van der Waals surface area (Å²) in [5.41, 5.74) is 2.16. The number of rotatable bonds is 10. The van der Waals surface area contributed by atoms with Crippen molar-refractivity contribution in [3.8, 4) is 11.5 Å². The van der Waals surface area contributed by atoms with Gasteiger partial charge in [-0.2, -0.15) is 0 Å². The maximum Gasteiger partial charge on any atom is 0.330 e. The third-order valence-electron chi connectivity index (χ3n) is 5.38. The van der Waals surface area contributed by atoms with Crippen LogP contribution in [0, 0.1) is 0 Å². The van der Waals surface area contributed by atoms with Crippen molar-refractivity contribution in [2.45, 2.75) is 51.7 Å². The number of ether oxygens (including phenoxy) is 4. The number of benzene rings is 2.